The molecular formula is C18H20N6O3. The molecule has 4 heterocycles. The Labute approximate surface area is 155 Å². The molecule has 0 aromatic carbocycles. The van der Waals surface area contributed by atoms with Crippen LogP contribution in [-0.2, 0) is 11.3 Å². The summed E-state index contributed by atoms with van der Waals surface area (Å²) < 4.78 is 7.06. The SMILES string of the molecule is Cc1cnc2c(C(=O)O)nn(Cc3ncnc(N4CCOCC4)c3C)c2c1. The third-order valence-electron chi connectivity index (χ3n) is 4.70. The highest BCUT2D eigenvalue weighted by molar-refractivity contribution is 5.99. The fourth-order valence-electron chi connectivity index (χ4n) is 3.29. The summed E-state index contributed by atoms with van der Waals surface area (Å²) in [6.07, 6.45) is 3.19. The highest BCUT2D eigenvalue weighted by Crippen LogP contribution is 2.23. The minimum Gasteiger partial charge on any atom is -0.476 e. The Kier molecular flexibility index (Phi) is 4.44. The molecule has 4 rings (SSSR count). The highest BCUT2D eigenvalue weighted by Gasteiger charge is 2.21. The lowest BCUT2D eigenvalue weighted by Crippen LogP contribution is -2.37. The van der Waals surface area contributed by atoms with E-state index in [0.717, 1.165) is 35.7 Å². The van der Waals surface area contributed by atoms with Crippen molar-refractivity contribution in [3.05, 3.63) is 41.1 Å². The van der Waals surface area contributed by atoms with E-state index in [9.17, 15) is 9.90 Å². The molecule has 0 saturated carbocycles. The monoisotopic (exact) mass is 368 g/mol. The number of aromatic carboxylic acids is 1. The molecule has 0 unspecified atom stereocenters. The summed E-state index contributed by atoms with van der Waals surface area (Å²) in [5, 5.41) is 13.7. The maximum absolute atomic E-state index is 11.5. The third kappa shape index (κ3) is 3.21. The zero-order chi connectivity index (χ0) is 19.0. The van der Waals surface area contributed by atoms with Crippen molar-refractivity contribution in [3.63, 3.8) is 0 Å². The van der Waals surface area contributed by atoms with Crippen molar-refractivity contribution < 1.29 is 14.6 Å². The van der Waals surface area contributed by atoms with Gasteiger partial charge in [-0.1, -0.05) is 0 Å². The molecule has 140 valence electrons. The van der Waals surface area contributed by atoms with Gasteiger partial charge in [0.25, 0.3) is 0 Å². The fraction of sp³-hybridized carbons (Fsp3) is 0.389. The van der Waals surface area contributed by atoms with Crippen molar-refractivity contribution in [1.29, 1.82) is 0 Å². The smallest absolute Gasteiger partial charge is 0.358 e. The molecule has 3 aromatic heterocycles. The van der Waals surface area contributed by atoms with E-state index in [1.807, 2.05) is 19.9 Å². The minimum absolute atomic E-state index is 0.0508. The Hall–Kier alpha value is -3.07. The topological polar surface area (TPSA) is 106 Å². The highest BCUT2D eigenvalue weighted by atomic mass is 16.5. The summed E-state index contributed by atoms with van der Waals surface area (Å²) in [5.41, 5.74) is 3.71. The lowest BCUT2D eigenvalue weighted by Gasteiger charge is -2.29. The number of morpholine rings is 1. The second-order valence-corrected chi connectivity index (χ2v) is 6.56. The van der Waals surface area contributed by atoms with Crippen LogP contribution >= 0.6 is 0 Å². The normalized spacial score (nSPS) is 14.7. The van der Waals surface area contributed by atoms with Gasteiger partial charge in [-0.15, -0.1) is 0 Å². The molecule has 3 aromatic rings. The Morgan fingerprint density at radius 2 is 2.00 bits per heavy atom. The molecule has 1 N–H and O–H groups in total. The van der Waals surface area contributed by atoms with Gasteiger partial charge in [-0.25, -0.2) is 14.8 Å². The Balaban J connectivity index is 1.74. The predicted molar refractivity (Wildman–Crippen MR) is 98.1 cm³/mol. The summed E-state index contributed by atoms with van der Waals surface area (Å²) in [5.74, 6) is -0.212. The van der Waals surface area contributed by atoms with E-state index >= 15 is 0 Å². The first-order chi connectivity index (χ1) is 13.0. The van der Waals surface area contributed by atoms with Crippen molar-refractivity contribution in [2.45, 2.75) is 20.4 Å². The van der Waals surface area contributed by atoms with E-state index in [1.54, 1.807) is 17.2 Å². The Bertz CT molecular complexity index is 1010. The first kappa shape index (κ1) is 17.3. The third-order valence-corrected chi connectivity index (χ3v) is 4.70. The molecule has 0 aliphatic carbocycles. The lowest BCUT2D eigenvalue weighted by atomic mass is 10.2. The molecule has 9 heteroatoms. The standard InChI is InChI=1S/C18H20N6O3/c1-11-7-14-15(19-8-11)16(18(25)26)22-24(14)9-13-12(2)17(21-10-20-13)23-3-5-27-6-4-23/h7-8,10H,3-6,9H2,1-2H3,(H,25,26). The van der Waals surface area contributed by atoms with Crippen molar-refractivity contribution in [3.8, 4) is 0 Å². The van der Waals surface area contributed by atoms with Crippen LogP contribution in [0.3, 0.4) is 0 Å². The van der Waals surface area contributed by atoms with Crippen LogP contribution in [-0.4, -0.2) is 62.1 Å². The van der Waals surface area contributed by atoms with Gasteiger partial charge in [-0.3, -0.25) is 9.67 Å². The molecule has 1 aliphatic heterocycles. The maximum Gasteiger partial charge on any atom is 0.358 e. The summed E-state index contributed by atoms with van der Waals surface area (Å²) in [4.78, 5) is 26.8. The molecule has 27 heavy (non-hydrogen) atoms. The van der Waals surface area contributed by atoms with Gasteiger partial charge in [0.2, 0.25) is 0 Å². The van der Waals surface area contributed by atoms with Gasteiger partial charge < -0.3 is 14.7 Å². The number of aromatic nitrogens is 5. The van der Waals surface area contributed by atoms with E-state index < -0.39 is 5.97 Å². The number of carboxylic acid groups (broad SMARTS) is 1. The number of pyridine rings is 1. The average Bonchev–Trinajstić information content (AvgIpc) is 3.02. The van der Waals surface area contributed by atoms with Gasteiger partial charge in [0.15, 0.2) is 5.69 Å². The predicted octanol–water partition coefficient (Wildman–Crippen LogP) is 1.42. The number of carboxylic acids is 1. The number of carbonyl (C=O) groups is 1. The van der Waals surface area contributed by atoms with Gasteiger partial charge in [-0.2, -0.15) is 5.10 Å². The van der Waals surface area contributed by atoms with Crippen LogP contribution < -0.4 is 4.90 Å². The number of fused-ring (bicyclic) bond motifs is 1. The molecule has 1 aliphatic rings. The summed E-state index contributed by atoms with van der Waals surface area (Å²) in [7, 11) is 0. The number of hydrogen-bond donors (Lipinski definition) is 1. The van der Waals surface area contributed by atoms with E-state index in [0.29, 0.717) is 30.8 Å². The molecule has 0 spiro atoms. The lowest BCUT2D eigenvalue weighted by molar-refractivity contribution is 0.0691. The number of rotatable bonds is 4. The second-order valence-electron chi connectivity index (χ2n) is 6.56. The van der Waals surface area contributed by atoms with Gasteiger partial charge in [-0.05, 0) is 25.5 Å². The van der Waals surface area contributed by atoms with Crippen molar-refractivity contribution in [1.82, 2.24) is 24.7 Å². The number of anilines is 1. The molecular weight excluding hydrogens is 348 g/mol. The van der Waals surface area contributed by atoms with Crippen LogP contribution in [0.2, 0.25) is 0 Å². The molecule has 1 fully saturated rings. The quantitative estimate of drug-likeness (QED) is 0.737. The van der Waals surface area contributed by atoms with E-state index in [1.165, 1.54) is 0 Å². The van der Waals surface area contributed by atoms with Crippen LogP contribution in [0.1, 0.15) is 27.3 Å². The minimum atomic E-state index is -1.09. The maximum atomic E-state index is 11.5. The van der Waals surface area contributed by atoms with Gasteiger partial charge in [0.05, 0.1) is 31.0 Å². The Morgan fingerprint density at radius 3 is 2.74 bits per heavy atom. The number of hydrogen-bond acceptors (Lipinski definition) is 7. The second kappa shape index (κ2) is 6.92. The molecule has 9 nitrogen and oxygen atoms in total. The summed E-state index contributed by atoms with van der Waals surface area (Å²) in [6, 6.07) is 1.89. The van der Waals surface area contributed by atoms with Crippen molar-refractivity contribution in [2.24, 2.45) is 0 Å². The Morgan fingerprint density at radius 1 is 1.22 bits per heavy atom. The van der Waals surface area contributed by atoms with Crippen LogP contribution in [0, 0.1) is 13.8 Å². The largest absolute Gasteiger partial charge is 0.476 e. The van der Waals surface area contributed by atoms with E-state index in [4.69, 9.17) is 4.74 Å². The fourth-order valence-corrected chi connectivity index (χ4v) is 3.29. The van der Waals surface area contributed by atoms with Crippen LogP contribution in [0.4, 0.5) is 5.82 Å². The average molecular weight is 368 g/mol. The van der Waals surface area contributed by atoms with Crippen molar-refractivity contribution >= 4 is 22.8 Å². The summed E-state index contributed by atoms with van der Waals surface area (Å²) in [6.45, 7) is 7.16. The van der Waals surface area contributed by atoms with Crippen LogP contribution in [0.15, 0.2) is 18.6 Å². The molecule has 0 radical (unpaired) electrons. The molecule has 0 amide bonds. The van der Waals surface area contributed by atoms with Crippen LogP contribution in [0.25, 0.3) is 11.0 Å². The molecule has 0 bridgehead atoms. The number of ether oxygens (including phenoxy) is 1. The van der Waals surface area contributed by atoms with Gasteiger partial charge >= 0.3 is 5.97 Å². The number of nitrogens with zero attached hydrogens (tertiary/aromatic N) is 6. The first-order valence-corrected chi connectivity index (χ1v) is 8.74. The number of aryl methyl sites for hydroxylation is 1. The van der Waals surface area contributed by atoms with Crippen molar-refractivity contribution in [2.75, 3.05) is 31.2 Å². The van der Waals surface area contributed by atoms with Crippen LogP contribution in [0.5, 0.6) is 0 Å². The van der Waals surface area contributed by atoms with Gasteiger partial charge in [0, 0.05) is 24.8 Å². The van der Waals surface area contributed by atoms with E-state index in [2.05, 4.69) is 25.0 Å². The zero-order valence-electron chi connectivity index (χ0n) is 15.2. The molecule has 1 saturated heterocycles. The van der Waals surface area contributed by atoms with E-state index in [-0.39, 0.29) is 5.69 Å². The molecule has 0 atom stereocenters. The summed E-state index contributed by atoms with van der Waals surface area (Å²) >= 11 is 0. The first-order valence-electron chi connectivity index (χ1n) is 8.74. The zero-order valence-corrected chi connectivity index (χ0v) is 15.2. The van der Waals surface area contributed by atoms with Gasteiger partial charge in [0.1, 0.15) is 17.7 Å².